The van der Waals surface area contributed by atoms with E-state index in [1.165, 1.54) is 0 Å². The number of benzene rings is 1. The molecule has 1 unspecified atom stereocenters. The van der Waals surface area contributed by atoms with Crippen molar-refractivity contribution in [2.75, 3.05) is 26.7 Å². The summed E-state index contributed by atoms with van der Waals surface area (Å²) in [7, 11) is 1.58. The number of hydrogen-bond donors (Lipinski definition) is 1. The molecule has 1 aromatic rings. The third-order valence-electron chi connectivity index (χ3n) is 3.29. The molecule has 18 heavy (non-hydrogen) atoms. The molecule has 0 saturated carbocycles. The van der Waals surface area contributed by atoms with Crippen molar-refractivity contribution in [2.45, 2.75) is 18.9 Å². The van der Waals surface area contributed by atoms with Crippen molar-refractivity contribution in [3.05, 3.63) is 29.8 Å². The first-order valence-corrected chi connectivity index (χ1v) is 6.12. The van der Waals surface area contributed by atoms with Crippen molar-refractivity contribution in [1.29, 1.82) is 0 Å². The van der Waals surface area contributed by atoms with Crippen LogP contribution in [0.3, 0.4) is 0 Å². The van der Waals surface area contributed by atoms with Crippen molar-refractivity contribution < 1.29 is 14.6 Å². The van der Waals surface area contributed by atoms with Gasteiger partial charge < -0.3 is 9.84 Å². The van der Waals surface area contributed by atoms with Gasteiger partial charge in [0.05, 0.1) is 19.3 Å². The first-order chi connectivity index (χ1) is 8.50. The summed E-state index contributed by atoms with van der Waals surface area (Å²) in [6, 6.07) is 7.17. The van der Waals surface area contributed by atoms with Crippen molar-refractivity contribution >= 4 is 5.78 Å². The minimum Gasteiger partial charge on any atom is -0.497 e. The topological polar surface area (TPSA) is 49.8 Å². The van der Waals surface area contributed by atoms with Gasteiger partial charge in [-0.3, -0.25) is 9.69 Å². The molecule has 1 fully saturated rings. The second-order valence-electron chi connectivity index (χ2n) is 5.11. The van der Waals surface area contributed by atoms with Crippen LogP contribution in [-0.2, 0) is 0 Å². The van der Waals surface area contributed by atoms with E-state index in [0.717, 1.165) is 13.0 Å². The number of nitrogens with zero attached hydrogens (tertiary/aromatic N) is 1. The van der Waals surface area contributed by atoms with Crippen LogP contribution in [0.1, 0.15) is 23.7 Å². The van der Waals surface area contributed by atoms with E-state index in [0.29, 0.717) is 24.4 Å². The molecule has 0 radical (unpaired) electrons. The molecule has 0 spiro atoms. The lowest BCUT2D eigenvalue weighted by atomic mass is 10.1. The second-order valence-corrected chi connectivity index (χ2v) is 5.11. The molecular weight excluding hydrogens is 230 g/mol. The van der Waals surface area contributed by atoms with Crippen molar-refractivity contribution in [2.24, 2.45) is 0 Å². The lowest BCUT2D eigenvalue weighted by molar-refractivity contribution is 0.0669. The lowest BCUT2D eigenvalue weighted by Gasteiger charge is -2.18. The van der Waals surface area contributed by atoms with Gasteiger partial charge in [-0.1, -0.05) is 12.1 Å². The molecule has 2 rings (SSSR count). The van der Waals surface area contributed by atoms with Gasteiger partial charge in [-0.05, 0) is 25.5 Å². The van der Waals surface area contributed by atoms with Crippen LogP contribution < -0.4 is 4.74 Å². The number of carbonyl (C=O) groups excluding carboxylic acids is 1. The van der Waals surface area contributed by atoms with E-state index in [9.17, 15) is 9.90 Å². The molecule has 0 bridgehead atoms. The molecule has 4 heteroatoms. The normalized spacial score (nSPS) is 24.2. The fourth-order valence-electron chi connectivity index (χ4n) is 2.26. The molecule has 1 N–H and O–H groups in total. The quantitative estimate of drug-likeness (QED) is 0.818. The Hall–Kier alpha value is -1.39. The van der Waals surface area contributed by atoms with E-state index < -0.39 is 5.60 Å². The molecule has 1 aliphatic rings. The second kappa shape index (κ2) is 5.08. The Kier molecular flexibility index (Phi) is 3.68. The molecule has 0 amide bonds. The fraction of sp³-hybridized carbons (Fsp3) is 0.500. The van der Waals surface area contributed by atoms with Gasteiger partial charge in [0.25, 0.3) is 0 Å². The maximum Gasteiger partial charge on any atom is 0.176 e. The number of aliphatic hydroxyl groups is 1. The molecule has 98 valence electrons. The number of carbonyl (C=O) groups is 1. The van der Waals surface area contributed by atoms with Gasteiger partial charge in [-0.15, -0.1) is 0 Å². The van der Waals surface area contributed by atoms with Crippen molar-refractivity contribution in [3.8, 4) is 5.75 Å². The van der Waals surface area contributed by atoms with Crippen LogP contribution >= 0.6 is 0 Å². The minimum atomic E-state index is -0.658. The highest BCUT2D eigenvalue weighted by molar-refractivity contribution is 5.97. The molecule has 1 aliphatic heterocycles. The number of β-amino-alcohol motifs (C(OH)–C–C–N with tert-alkyl or cyclic N) is 1. The molecular formula is C14H19NO3. The number of ether oxygens (including phenoxy) is 1. The zero-order valence-electron chi connectivity index (χ0n) is 10.8. The van der Waals surface area contributed by atoms with Crippen molar-refractivity contribution in [1.82, 2.24) is 4.90 Å². The van der Waals surface area contributed by atoms with Gasteiger partial charge >= 0.3 is 0 Å². The third kappa shape index (κ3) is 3.09. The van der Waals surface area contributed by atoms with Gasteiger partial charge in [0.15, 0.2) is 5.78 Å². The smallest absolute Gasteiger partial charge is 0.176 e. The van der Waals surface area contributed by atoms with Gasteiger partial charge in [0.1, 0.15) is 5.75 Å². The maximum atomic E-state index is 12.1. The summed E-state index contributed by atoms with van der Waals surface area (Å²) in [4.78, 5) is 14.1. The Morgan fingerprint density at radius 3 is 2.94 bits per heavy atom. The average molecular weight is 249 g/mol. The Balaban J connectivity index is 1.99. The highest BCUT2D eigenvalue weighted by Crippen LogP contribution is 2.21. The van der Waals surface area contributed by atoms with Crippen LogP contribution in [0, 0.1) is 0 Å². The molecule has 1 heterocycles. The van der Waals surface area contributed by atoms with E-state index in [-0.39, 0.29) is 5.78 Å². The Bertz CT molecular complexity index is 442. The summed E-state index contributed by atoms with van der Waals surface area (Å²) in [6.45, 7) is 3.48. The summed E-state index contributed by atoms with van der Waals surface area (Å²) in [5, 5.41) is 9.86. The van der Waals surface area contributed by atoms with Crippen molar-refractivity contribution in [3.63, 3.8) is 0 Å². The number of rotatable bonds is 4. The Morgan fingerprint density at radius 2 is 2.33 bits per heavy atom. The zero-order valence-corrected chi connectivity index (χ0v) is 10.8. The number of hydrogen-bond acceptors (Lipinski definition) is 4. The van der Waals surface area contributed by atoms with Crippen LogP contribution in [0.2, 0.25) is 0 Å². The summed E-state index contributed by atoms with van der Waals surface area (Å²) in [5.74, 6) is 0.751. The fourth-order valence-corrected chi connectivity index (χ4v) is 2.26. The average Bonchev–Trinajstić information content (AvgIpc) is 2.68. The molecule has 0 aliphatic carbocycles. The van der Waals surface area contributed by atoms with Gasteiger partial charge in [0.2, 0.25) is 0 Å². The number of ketones is 1. The standard InChI is InChI=1S/C14H19NO3/c1-14(17)6-7-15(10-14)9-13(16)11-4-3-5-12(8-11)18-2/h3-5,8,17H,6-7,9-10H2,1-2H3. The summed E-state index contributed by atoms with van der Waals surface area (Å²) in [5.41, 5.74) is -0.00447. The third-order valence-corrected chi connectivity index (χ3v) is 3.29. The SMILES string of the molecule is COc1cccc(C(=O)CN2CCC(C)(O)C2)c1. The predicted molar refractivity (Wildman–Crippen MR) is 69.0 cm³/mol. The van der Waals surface area contributed by atoms with E-state index in [1.54, 1.807) is 19.2 Å². The Morgan fingerprint density at radius 1 is 1.56 bits per heavy atom. The van der Waals surface area contributed by atoms with Crippen LogP contribution in [-0.4, -0.2) is 48.1 Å². The highest BCUT2D eigenvalue weighted by atomic mass is 16.5. The monoisotopic (exact) mass is 249 g/mol. The molecule has 1 atom stereocenters. The van der Waals surface area contributed by atoms with Gasteiger partial charge in [0, 0.05) is 18.7 Å². The van der Waals surface area contributed by atoms with Gasteiger partial charge in [-0.2, -0.15) is 0 Å². The first-order valence-electron chi connectivity index (χ1n) is 6.12. The summed E-state index contributed by atoms with van der Waals surface area (Å²) >= 11 is 0. The van der Waals surface area contributed by atoms with Crippen LogP contribution in [0.25, 0.3) is 0 Å². The van der Waals surface area contributed by atoms with E-state index in [4.69, 9.17) is 4.74 Å². The minimum absolute atomic E-state index is 0.0617. The Labute approximate surface area is 107 Å². The highest BCUT2D eigenvalue weighted by Gasteiger charge is 2.32. The van der Waals surface area contributed by atoms with Crippen LogP contribution in [0.5, 0.6) is 5.75 Å². The molecule has 1 saturated heterocycles. The first kappa shape index (κ1) is 13.1. The maximum absolute atomic E-state index is 12.1. The summed E-state index contributed by atoms with van der Waals surface area (Å²) in [6.07, 6.45) is 0.721. The molecule has 1 aromatic carbocycles. The molecule has 0 aromatic heterocycles. The predicted octanol–water partition coefficient (Wildman–Crippen LogP) is 1.33. The van der Waals surface area contributed by atoms with Crippen LogP contribution in [0.15, 0.2) is 24.3 Å². The lowest BCUT2D eigenvalue weighted by Crippen LogP contribution is -2.33. The number of Topliss-reactive ketones (excluding diaryl/α,β-unsaturated/α-hetero) is 1. The summed E-state index contributed by atoms with van der Waals surface area (Å²) < 4.78 is 5.10. The van der Waals surface area contributed by atoms with E-state index >= 15 is 0 Å². The molecule has 4 nitrogen and oxygen atoms in total. The largest absolute Gasteiger partial charge is 0.497 e. The number of likely N-dealkylation sites (tertiary alicyclic amines) is 1. The zero-order chi connectivity index (χ0) is 13.2. The van der Waals surface area contributed by atoms with Gasteiger partial charge in [-0.25, -0.2) is 0 Å². The van der Waals surface area contributed by atoms with E-state index in [1.807, 2.05) is 24.0 Å². The van der Waals surface area contributed by atoms with Crippen LogP contribution in [0.4, 0.5) is 0 Å². The van der Waals surface area contributed by atoms with E-state index in [2.05, 4.69) is 0 Å². The number of methoxy groups -OCH3 is 1.